The molecule has 6 nitrogen and oxygen atoms in total. The fourth-order valence-electron chi connectivity index (χ4n) is 1.27. The third kappa shape index (κ3) is 2.52. The van der Waals surface area contributed by atoms with Gasteiger partial charge in [-0.2, -0.15) is 0 Å². The van der Waals surface area contributed by atoms with E-state index in [1.165, 1.54) is 0 Å². The molecule has 8 heteroatoms. The molecular formula is C10H6N6Se2. The van der Waals surface area contributed by atoms with E-state index < -0.39 is 0 Å². The molecule has 88 valence electrons. The number of nitrogens with zero attached hydrogens (tertiary/aromatic N) is 6. The molecule has 18 heavy (non-hydrogen) atoms. The third-order valence-electron chi connectivity index (χ3n) is 2.07. The zero-order chi connectivity index (χ0) is 12.2. The van der Waals surface area contributed by atoms with Crippen LogP contribution in [0.5, 0.6) is 0 Å². The summed E-state index contributed by atoms with van der Waals surface area (Å²) in [6.45, 7) is 0. The molecule has 0 radical (unpaired) electrons. The summed E-state index contributed by atoms with van der Waals surface area (Å²) in [6.07, 6.45) is 3.47. The van der Waals surface area contributed by atoms with Crippen LogP contribution in [0.15, 0.2) is 36.7 Å². The molecule has 0 aliphatic rings. The summed E-state index contributed by atoms with van der Waals surface area (Å²) < 4.78 is 16.4. The van der Waals surface area contributed by atoms with E-state index in [1.54, 1.807) is 12.4 Å². The Bertz CT molecular complexity index is 638. The first kappa shape index (κ1) is 11.6. The van der Waals surface area contributed by atoms with Gasteiger partial charge in [0.25, 0.3) is 0 Å². The van der Waals surface area contributed by atoms with E-state index >= 15 is 0 Å². The molecule has 0 fully saturated rings. The molecule has 0 bridgehead atoms. The molecule has 0 aromatic carbocycles. The van der Waals surface area contributed by atoms with E-state index in [0.29, 0.717) is 0 Å². The number of rotatable bonds is 0. The number of aromatic nitrogens is 6. The topological polar surface area (TPSA) is 77.3 Å². The molecule has 0 aliphatic carbocycles. The predicted molar refractivity (Wildman–Crippen MR) is 68.5 cm³/mol. The summed E-state index contributed by atoms with van der Waals surface area (Å²) in [5.41, 5.74) is 3.49. The Hall–Kier alpha value is -1.46. The zero-order valence-corrected chi connectivity index (χ0v) is 12.4. The SMILES string of the molecule is c1cnc2n[se]nc2c1.c1cnc2n[se]nc2c1. The second kappa shape index (κ2) is 5.45. The van der Waals surface area contributed by atoms with Gasteiger partial charge in [0.15, 0.2) is 0 Å². The van der Waals surface area contributed by atoms with Crippen LogP contribution in [0.3, 0.4) is 0 Å². The van der Waals surface area contributed by atoms with Crippen molar-refractivity contribution < 1.29 is 0 Å². The van der Waals surface area contributed by atoms with Crippen LogP contribution < -0.4 is 0 Å². The molecule has 0 amide bonds. The third-order valence-corrected chi connectivity index (χ3v) is 4.30. The molecule has 0 saturated carbocycles. The molecule has 0 N–H and O–H groups in total. The zero-order valence-electron chi connectivity index (χ0n) is 8.96. The van der Waals surface area contributed by atoms with Gasteiger partial charge in [0, 0.05) is 0 Å². The molecule has 0 aliphatic heterocycles. The number of hydrogen-bond donors (Lipinski definition) is 0. The van der Waals surface area contributed by atoms with Crippen molar-refractivity contribution in [2.75, 3.05) is 0 Å². The maximum absolute atomic E-state index is 4.13. The van der Waals surface area contributed by atoms with Gasteiger partial charge in [-0.15, -0.1) is 0 Å². The van der Waals surface area contributed by atoms with Crippen molar-refractivity contribution in [3.63, 3.8) is 0 Å². The van der Waals surface area contributed by atoms with Crippen molar-refractivity contribution in [3.8, 4) is 0 Å². The van der Waals surface area contributed by atoms with E-state index in [1.807, 2.05) is 24.3 Å². The Balaban J connectivity index is 0.000000111. The van der Waals surface area contributed by atoms with Gasteiger partial charge in [-0.05, 0) is 0 Å². The minimum absolute atomic E-state index is 0.0662. The van der Waals surface area contributed by atoms with E-state index in [9.17, 15) is 0 Å². The standard InChI is InChI=1S/2C5H3N3Se/c2*1-2-4-5(6-3-1)8-9-7-4/h2*1-3H. The summed E-state index contributed by atoms with van der Waals surface area (Å²) >= 11 is 0.132. The summed E-state index contributed by atoms with van der Waals surface area (Å²) in [5, 5.41) is 0. The monoisotopic (exact) mass is 370 g/mol. The van der Waals surface area contributed by atoms with Gasteiger partial charge in [-0.1, -0.05) is 0 Å². The van der Waals surface area contributed by atoms with Crippen molar-refractivity contribution in [3.05, 3.63) is 36.7 Å². The molecule has 4 aromatic rings. The van der Waals surface area contributed by atoms with Crippen molar-refractivity contribution >= 4 is 52.3 Å². The summed E-state index contributed by atoms with van der Waals surface area (Å²) in [6, 6.07) is 7.61. The second-order valence-corrected chi connectivity index (χ2v) is 5.44. The van der Waals surface area contributed by atoms with Gasteiger partial charge < -0.3 is 0 Å². The first-order chi connectivity index (χ1) is 8.93. The van der Waals surface area contributed by atoms with Crippen LogP contribution in [0.4, 0.5) is 0 Å². The van der Waals surface area contributed by atoms with Gasteiger partial charge in [-0.25, -0.2) is 0 Å². The number of hydrogen-bond acceptors (Lipinski definition) is 6. The first-order valence-electron chi connectivity index (χ1n) is 5.00. The van der Waals surface area contributed by atoms with Crippen LogP contribution in [0, 0.1) is 0 Å². The Morgan fingerprint density at radius 3 is 1.61 bits per heavy atom. The van der Waals surface area contributed by atoms with Crippen LogP contribution in [0.2, 0.25) is 0 Å². The van der Waals surface area contributed by atoms with E-state index in [2.05, 4.69) is 25.9 Å². The Labute approximate surface area is 115 Å². The van der Waals surface area contributed by atoms with Crippen molar-refractivity contribution in [2.24, 2.45) is 0 Å². The predicted octanol–water partition coefficient (Wildman–Crippen LogP) is 0.164. The number of pyridine rings is 2. The Kier molecular flexibility index (Phi) is 3.52. The van der Waals surface area contributed by atoms with Gasteiger partial charge in [0.05, 0.1) is 0 Å². The quantitative estimate of drug-likeness (QED) is 0.412. The Morgan fingerprint density at radius 1 is 0.667 bits per heavy atom. The molecule has 0 saturated heterocycles. The molecule has 0 spiro atoms. The minimum atomic E-state index is 0.0662. The van der Waals surface area contributed by atoms with E-state index in [-0.39, 0.29) is 29.9 Å². The van der Waals surface area contributed by atoms with Crippen LogP contribution in [0.1, 0.15) is 0 Å². The van der Waals surface area contributed by atoms with E-state index in [0.717, 1.165) is 22.3 Å². The van der Waals surface area contributed by atoms with Crippen LogP contribution in [-0.4, -0.2) is 55.8 Å². The first-order valence-corrected chi connectivity index (χ1v) is 8.06. The summed E-state index contributed by atoms with van der Waals surface area (Å²) in [7, 11) is 0. The van der Waals surface area contributed by atoms with Gasteiger partial charge in [0.1, 0.15) is 0 Å². The summed E-state index contributed by atoms with van der Waals surface area (Å²) in [4.78, 5) is 8.03. The fraction of sp³-hybridized carbons (Fsp3) is 0. The van der Waals surface area contributed by atoms with Gasteiger partial charge >= 0.3 is 115 Å². The molecular weight excluding hydrogens is 362 g/mol. The summed E-state index contributed by atoms with van der Waals surface area (Å²) in [5.74, 6) is 0. The van der Waals surface area contributed by atoms with Crippen LogP contribution in [0.25, 0.3) is 22.3 Å². The molecule has 4 heterocycles. The average Bonchev–Trinajstić information content (AvgIpc) is 3.08. The Morgan fingerprint density at radius 2 is 1.17 bits per heavy atom. The fourth-order valence-corrected chi connectivity index (χ4v) is 3.32. The maximum atomic E-state index is 4.13. The number of fused-ring (bicyclic) bond motifs is 2. The molecule has 0 unspecified atom stereocenters. The molecule has 4 aromatic heterocycles. The molecule has 4 rings (SSSR count). The van der Waals surface area contributed by atoms with Crippen LogP contribution in [-0.2, 0) is 0 Å². The van der Waals surface area contributed by atoms with Gasteiger partial charge in [-0.3, -0.25) is 0 Å². The average molecular weight is 368 g/mol. The normalized spacial score (nSPS) is 10.2. The van der Waals surface area contributed by atoms with Crippen LogP contribution >= 0.6 is 0 Å². The van der Waals surface area contributed by atoms with Crippen molar-refractivity contribution in [1.82, 2.24) is 25.9 Å². The molecule has 0 atom stereocenters. The van der Waals surface area contributed by atoms with Crippen molar-refractivity contribution in [1.29, 1.82) is 0 Å². The van der Waals surface area contributed by atoms with Gasteiger partial charge in [0.2, 0.25) is 0 Å². The second-order valence-electron chi connectivity index (χ2n) is 3.22. The van der Waals surface area contributed by atoms with E-state index in [4.69, 9.17) is 0 Å². The van der Waals surface area contributed by atoms with Crippen molar-refractivity contribution in [2.45, 2.75) is 0 Å².